The summed E-state index contributed by atoms with van der Waals surface area (Å²) in [5, 5.41) is 31.3. The number of fused-ring (bicyclic) bond motifs is 1. The summed E-state index contributed by atoms with van der Waals surface area (Å²) in [4.78, 5) is 17.4. The average Bonchev–Trinajstić information content (AvgIpc) is 3.82. The first-order valence-corrected chi connectivity index (χ1v) is 17.7. The van der Waals surface area contributed by atoms with Crippen molar-refractivity contribution in [3.8, 4) is 11.5 Å². The zero-order valence-electron chi connectivity index (χ0n) is 24.4. The van der Waals surface area contributed by atoms with Crippen molar-refractivity contribution in [2.75, 3.05) is 32.8 Å². The van der Waals surface area contributed by atoms with E-state index in [9.17, 15) is 36.9 Å². The maximum atomic E-state index is 13.4. The molecule has 3 fully saturated rings. The molecule has 13 nitrogen and oxygen atoms in total. The van der Waals surface area contributed by atoms with E-state index in [-0.39, 0.29) is 59.4 Å². The van der Waals surface area contributed by atoms with E-state index in [0.29, 0.717) is 43.0 Å². The van der Waals surface area contributed by atoms with Crippen LogP contribution in [0.2, 0.25) is 0 Å². The normalized spacial score (nSPS) is 21.1. The van der Waals surface area contributed by atoms with E-state index in [1.54, 1.807) is 36.4 Å². The predicted molar refractivity (Wildman–Crippen MR) is 161 cm³/mol. The minimum atomic E-state index is -4.05. The van der Waals surface area contributed by atoms with Crippen molar-refractivity contribution < 1.29 is 46.4 Å². The number of rotatable bonds is 10. The lowest BCUT2D eigenvalue weighted by molar-refractivity contribution is -0.0319. The van der Waals surface area contributed by atoms with E-state index < -0.39 is 43.7 Å². The Bertz CT molecular complexity index is 1810. The number of benzene rings is 2. The molecule has 2 aliphatic heterocycles. The van der Waals surface area contributed by atoms with Gasteiger partial charge in [0.1, 0.15) is 29.1 Å². The summed E-state index contributed by atoms with van der Waals surface area (Å²) < 4.78 is 64.9. The number of carbonyl (C=O) groups is 1. The number of aliphatic hydroxyl groups is 1. The van der Waals surface area contributed by atoms with Gasteiger partial charge in [0.15, 0.2) is 9.84 Å². The van der Waals surface area contributed by atoms with Gasteiger partial charge < -0.3 is 29.7 Å². The van der Waals surface area contributed by atoms with Crippen molar-refractivity contribution >= 4 is 36.9 Å². The number of pyridine rings is 1. The Balaban J connectivity index is 1.05. The van der Waals surface area contributed by atoms with Crippen LogP contribution in [0, 0.1) is 0 Å². The molecule has 242 valence electrons. The van der Waals surface area contributed by atoms with Gasteiger partial charge in [-0.1, -0.05) is 18.2 Å². The molecule has 3 heterocycles. The second kappa shape index (κ2) is 12.0. The molecule has 1 saturated carbocycles. The SMILES string of the molecule is O=C(O)N(C[C@H](O)COc1cccc(S(=O)(=O)C2CC2)c1)[C@H]1COC2(CCN(S(=O)(=O)c3cnc4ccccc4c3O)CC2)C1. The van der Waals surface area contributed by atoms with Crippen LogP contribution in [0.25, 0.3) is 10.9 Å². The number of ether oxygens (including phenoxy) is 2. The number of sulfone groups is 1. The highest BCUT2D eigenvalue weighted by molar-refractivity contribution is 7.92. The number of hydrogen-bond acceptors (Lipinski definition) is 10. The first-order chi connectivity index (χ1) is 21.4. The highest BCUT2D eigenvalue weighted by atomic mass is 32.2. The van der Waals surface area contributed by atoms with Gasteiger partial charge in [-0.25, -0.2) is 21.6 Å². The molecule has 1 spiro atoms. The van der Waals surface area contributed by atoms with Crippen LogP contribution in [0.5, 0.6) is 11.5 Å². The third-order valence-corrected chi connectivity index (χ3v) is 12.9. The number of amides is 1. The molecule has 2 atom stereocenters. The number of aromatic hydroxyl groups is 1. The van der Waals surface area contributed by atoms with Crippen molar-refractivity contribution in [1.29, 1.82) is 0 Å². The molecule has 45 heavy (non-hydrogen) atoms. The summed E-state index contributed by atoms with van der Waals surface area (Å²) in [5.41, 5.74) is -0.256. The minimum absolute atomic E-state index is 0.0864. The maximum absolute atomic E-state index is 13.4. The molecule has 15 heteroatoms. The fourth-order valence-corrected chi connectivity index (χ4v) is 9.28. The Morgan fingerprint density at radius 1 is 1.11 bits per heavy atom. The van der Waals surface area contributed by atoms with Crippen LogP contribution in [0.3, 0.4) is 0 Å². The number of hydrogen-bond donors (Lipinski definition) is 3. The molecular formula is C30H35N3O10S2. The zero-order valence-corrected chi connectivity index (χ0v) is 26.0. The third kappa shape index (κ3) is 6.31. The lowest BCUT2D eigenvalue weighted by atomic mass is 9.88. The van der Waals surface area contributed by atoms with Gasteiger partial charge in [-0.15, -0.1) is 0 Å². The van der Waals surface area contributed by atoms with Crippen molar-refractivity contribution in [3.63, 3.8) is 0 Å². The first-order valence-electron chi connectivity index (χ1n) is 14.7. The van der Waals surface area contributed by atoms with Gasteiger partial charge in [0.25, 0.3) is 0 Å². The van der Waals surface area contributed by atoms with E-state index in [0.717, 1.165) is 11.1 Å². The number of carboxylic acid groups (broad SMARTS) is 1. The summed E-state index contributed by atoms with van der Waals surface area (Å²) in [6.45, 7) is -0.198. The van der Waals surface area contributed by atoms with Crippen molar-refractivity contribution in [2.24, 2.45) is 0 Å². The number of aliphatic hydroxyl groups excluding tert-OH is 1. The van der Waals surface area contributed by atoms with E-state index in [1.165, 1.54) is 16.4 Å². The lowest BCUT2D eigenvalue weighted by Gasteiger charge is -2.38. The number of para-hydroxylation sites is 1. The molecule has 0 bridgehead atoms. The molecule has 1 amide bonds. The van der Waals surface area contributed by atoms with Gasteiger partial charge >= 0.3 is 6.09 Å². The second-order valence-corrected chi connectivity index (χ2v) is 16.0. The van der Waals surface area contributed by atoms with E-state index >= 15 is 0 Å². The molecular weight excluding hydrogens is 626 g/mol. The van der Waals surface area contributed by atoms with Gasteiger partial charge in [0, 0.05) is 18.5 Å². The highest BCUT2D eigenvalue weighted by Crippen LogP contribution is 2.40. The van der Waals surface area contributed by atoms with E-state index in [2.05, 4.69) is 4.98 Å². The zero-order chi connectivity index (χ0) is 32.0. The Labute approximate surface area is 261 Å². The van der Waals surface area contributed by atoms with Crippen molar-refractivity contribution in [1.82, 2.24) is 14.2 Å². The largest absolute Gasteiger partial charge is 0.506 e. The summed E-state index contributed by atoms with van der Waals surface area (Å²) in [7, 11) is -7.46. The van der Waals surface area contributed by atoms with Gasteiger partial charge in [-0.3, -0.25) is 4.98 Å². The Hall–Kier alpha value is -3.50. The summed E-state index contributed by atoms with van der Waals surface area (Å²) >= 11 is 0. The number of aromatic nitrogens is 1. The van der Waals surface area contributed by atoms with Crippen LogP contribution in [-0.2, 0) is 24.6 Å². The standard InChI is InChI=1S/C30H35N3O10S2/c34-21(19-42-22-4-3-5-24(14-22)44(38,39)23-8-9-23)17-33(29(36)37)20-15-30(43-18-20)10-12-32(13-11-30)45(40,41)27-16-31-26-7-2-1-6-25(26)28(27)35/h1-7,14,16,20-21,23,34H,8-13,15,17-19H2,(H,31,35)(H,36,37)/t20-,21+/m1/s1. The predicted octanol–water partition coefficient (Wildman–Crippen LogP) is 2.61. The minimum Gasteiger partial charge on any atom is -0.506 e. The van der Waals surface area contributed by atoms with Crippen molar-refractivity contribution in [2.45, 2.75) is 64.9 Å². The van der Waals surface area contributed by atoms with Crippen LogP contribution < -0.4 is 4.74 Å². The number of nitrogens with zero attached hydrogens (tertiary/aromatic N) is 3. The molecule has 0 radical (unpaired) electrons. The van der Waals surface area contributed by atoms with Crippen LogP contribution in [0.15, 0.2) is 64.5 Å². The number of piperidine rings is 1. The van der Waals surface area contributed by atoms with Gasteiger partial charge in [-0.2, -0.15) is 4.31 Å². The van der Waals surface area contributed by atoms with Crippen LogP contribution >= 0.6 is 0 Å². The second-order valence-electron chi connectivity index (χ2n) is 11.9. The molecule has 1 aliphatic carbocycles. The molecule has 3 aromatic rings. The fraction of sp³-hybridized carbons (Fsp3) is 0.467. The van der Waals surface area contributed by atoms with E-state index in [4.69, 9.17) is 9.47 Å². The highest BCUT2D eigenvalue weighted by Gasteiger charge is 2.47. The number of sulfonamides is 1. The average molecular weight is 662 g/mol. The molecule has 2 saturated heterocycles. The van der Waals surface area contributed by atoms with Crippen LogP contribution in [0.4, 0.5) is 4.79 Å². The molecule has 0 unspecified atom stereocenters. The lowest BCUT2D eigenvalue weighted by Crippen LogP contribution is -2.48. The Kier molecular flexibility index (Phi) is 8.41. The fourth-order valence-electron chi connectivity index (χ4n) is 6.11. The first kappa shape index (κ1) is 31.5. The van der Waals surface area contributed by atoms with Crippen LogP contribution in [0.1, 0.15) is 32.1 Å². The summed E-state index contributed by atoms with van der Waals surface area (Å²) in [6, 6.07) is 12.2. The maximum Gasteiger partial charge on any atom is 0.407 e. The molecule has 3 N–H and O–H groups in total. The molecule has 3 aliphatic rings. The topological polar surface area (TPSA) is 184 Å². The van der Waals surface area contributed by atoms with Gasteiger partial charge in [0.05, 0.1) is 46.7 Å². The third-order valence-electron chi connectivity index (χ3n) is 8.79. The summed E-state index contributed by atoms with van der Waals surface area (Å²) in [5.74, 6) is -0.0935. The molecule has 1 aromatic heterocycles. The smallest absolute Gasteiger partial charge is 0.407 e. The van der Waals surface area contributed by atoms with Gasteiger partial charge in [0.2, 0.25) is 10.0 Å². The van der Waals surface area contributed by atoms with Crippen LogP contribution in [-0.4, -0.2) is 108 Å². The Morgan fingerprint density at radius 2 is 1.84 bits per heavy atom. The Morgan fingerprint density at radius 3 is 2.56 bits per heavy atom. The monoisotopic (exact) mass is 661 g/mol. The van der Waals surface area contributed by atoms with E-state index in [1.807, 2.05) is 0 Å². The van der Waals surface area contributed by atoms with Crippen molar-refractivity contribution in [3.05, 3.63) is 54.7 Å². The quantitative estimate of drug-likeness (QED) is 0.290. The molecule has 6 rings (SSSR count). The summed E-state index contributed by atoms with van der Waals surface area (Å²) in [6.07, 6.45) is 0.959. The molecule has 2 aromatic carbocycles. The van der Waals surface area contributed by atoms with Gasteiger partial charge in [-0.05, 0) is 62.4 Å².